The maximum atomic E-state index is 12.0. The first-order chi connectivity index (χ1) is 12.9. The van der Waals surface area contributed by atoms with E-state index in [0.717, 1.165) is 5.56 Å². The van der Waals surface area contributed by atoms with Crippen LogP contribution in [0.2, 0.25) is 10.0 Å². The smallest absolute Gasteiger partial charge is 0.269 e. The van der Waals surface area contributed by atoms with Gasteiger partial charge in [-0.2, -0.15) is 0 Å². The lowest BCUT2D eigenvalue weighted by Gasteiger charge is -2.01. The summed E-state index contributed by atoms with van der Waals surface area (Å²) in [5.41, 5.74) is 2.02. The molecule has 1 amide bonds. The third-order valence-electron chi connectivity index (χ3n) is 3.47. The summed E-state index contributed by atoms with van der Waals surface area (Å²) < 4.78 is 0. The molecule has 0 saturated carbocycles. The number of halogens is 2. The molecular weight excluding hydrogens is 409 g/mol. The molecule has 0 aliphatic carbocycles. The van der Waals surface area contributed by atoms with Crippen LogP contribution in [0.4, 0.5) is 10.8 Å². The van der Waals surface area contributed by atoms with Crippen LogP contribution in [0.1, 0.15) is 5.56 Å². The minimum Gasteiger partial charge on any atom is -0.298 e. The number of thiazole rings is 1. The van der Waals surface area contributed by atoms with E-state index in [4.69, 9.17) is 23.2 Å². The van der Waals surface area contributed by atoms with Crippen LogP contribution in [-0.2, 0) is 4.79 Å². The predicted molar refractivity (Wildman–Crippen MR) is 108 cm³/mol. The molecule has 2 aromatic carbocycles. The number of rotatable bonds is 5. The van der Waals surface area contributed by atoms with Crippen molar-refractivity contribution in [2.24, 2.45) is 0 Å². The van der Waals surface area contributed by atoms with E-state index in [1.807, 2.05) is 0 Å². The number of nitrogens with one attached hydrogen (secondary N) is 1. The monoisotopic (exact) mass is 419 g/mol. The van der Waals surface area contributed by atoms with E-state index >= 15 is 0 Å². The predicted octanol–water partition coefficient (Wildman–Crippen LogP) is 5.68. The third-order valence-corrected chi connectivity index (χ3v) is 4.78. The summed E-state index contributed by atoms with van der Waals surface area (Å²) >= 11 is 13.3. The van der Waals surface area contributed by atoms with Gasteiger partial charge in [-0.3, -0.25) is 20.2 Å². The Morgan fingerprint density at radius 2 is 1.93 bits per heavy atom. The van der Waals surface area contributed by atoms with E-state index < -0.39 is 4.92 Å². The Bertz CT molecular complexity index is 1030. The van der Waals surface area contributed by atoms with Crippen LogP contribution in [0.5, 0.6) is 0 Å². The van der Waals surface area contributed by atoms with Gasteiger partial charge in [0.25, 0.3) is 5.69 Å². The van der Waals surface area contributed by atoms with E-state index in [1.165, 1.54) is 29.5 Å². The second kappa shape index (κ2) is 8.30. The van der Waals surface area contributed by atoms with Gasteiger partial charge in [0.05, 0.1) is 15.6 Å². The maximum Gasteiger partial charge on any atom is 0.269 e. The number of carbonyl (C=O) groups is 1. The van der Waals surface area contributed by atoms with Crippen LogP contribution in [0.3, 0.4) is 0 Å². The lowest BCUT2D eigenvalue weighted by molar-refractivity contribution is -0.384. The fraction of sp³-hybridized carbons (Fsp3) is 0. The van der Waals surface area contributed by atoms with Crippen molar-refractivity contribution in [3.05, 3.63) is 79.6 Å². The van der Waals surface area contributed by atoms with Crippen molar-refractivity contribution >= 4 is 57.3 Å². The van der Waals surface area contributed by atoms with Crippen LogP contribution in [0.25, 0.3) is 17.3 Å². The van der Waals surface area contributed by atoms with E-state index in [0.29, 0.717) is 26.4 Å². The maximum absolute atomic E-state index is 12.0. The molecule has 0 radical (unpaired) electrons. The molecule has 0 fully saturated rings. The first-order valence-corrected chi connectivity index (χ1v) is 9.20. The number of nitro groups is 1. The summed E-state index contributed by atoms with van der Waals surface area (Å²) in [6, 6.07) is 11.0. The van der Waals surface area contributed by atoms with Crippen molar-refractivity contribution < 1.29 is 9.72 Å². The summed E-state index contributed by atoms with van der Waals surface area (Å²) in [4.78, 5) is 26.5. The van der Waals surface area contributed by atoms with Crippen LogP contribution in [0.15, 0.2) is 53.9 Å². The molecule has 0 unspecified atom stereocenters. The highest BCUT2D eigenvalue weighted by molar-refractivity contribution is 7.14. The Morgan fingerprint density at radius 1 is 1.19 bits per heavy atom. The number of non-ortho nitro benzene ring substituents is 1. The normalized spacial score (nSPS) is 10.9. The van der Waals surface area contributed by atoms with Crippen molar-refractivity contribution in [1.82, 2.24) is 4.98 Å². The van der Waals surface area contributed by atoms with Crippen molar-refractivity contribution in [3.8, 4) is 11.3 Å². The molecule has 0 bridgehead atoms. The Kier molecular flexibility index (Phi) is 5.85. The van der Waals surface area contributed by atoms with Gasteiger partial charge in [-0.25, -0.2) is 4.98 Å². The fourth-order valence-electron chi connectivity index (χ4n) is 2.18. The van der Waals surface area contributed by atoms with E-state index in [1.54, 1.807) is 41.8 Å². The Labute approximate surface area is 168 Å². The van der Waals surface area contributed by atoms with E-state index in [2.05, 4.69) is 10.3 Å². The average Bonchev–Trinajstić information content (AvgIpc) is 3.08. The number of aromatic nitrogens is 1. The zero-order valence-corrected chi connectivity index (χ0v) is 15.9. The SMILES string of the molecule is O=C(/C=C/c1ccc([N+](=O)[O-])cc1)Nc1nc(-c2ccc(Cl)cc2Cl)cs1. The molecule has 1 heterocycles. The largest absolute Gasteiger partial charge is 0.298 e. The number of benzene rings is 2. The van der Waals surface area contributed by atoms with Gasteiger partial charge in [0.2, 0.25) is 5.91 Å². The number of carbonyl (C=O) groups excluding carboxylic acids is 1. The van der Waals surface area contributed by atoms with Gasteiger partial charge in [0, 0.05) is 34.2 Å². The van der Waals surface area contributed by atoms with E-state index in [9.17, 15) is 14.9 Å². The average molecular weight is 420 g/mol. The summed E-state index contributed by atoms with van der Waals surface area (Å²) in [6.45, 7) is 0. The van der Waals surface area contributed by atoms with Crippen LogP contribution in [-0.4, -0.2) is 15.8 Å². The number of amides is 1. The fourth-order valence-corrected chi connectivity index (χ4v) is 3.40. The Morgan fingerprint density at radius 3 is 2.59 bits per heavy atom. The van der Waals surface area contributed by atoms with Gasteiger partial charge in [0.1, 0.15) is 0 Å². The number of hydrogen-bond donors (Lipinski definition) is 1. The van der Waals surface area contributed by atoms with Crippen molar-refractivity contribution in [3.63, 3.8) is 0 Å². The van der Waals surface area contributed by atoms with Crippen LogP contribution >= 0.6 is 34.5 Å². The summed E-state index contributed by atoms with van der Waals surface area (Å²) in [5, 5.41) is 16.5. The zero-order valence-electron chi connectivity index (χ0n) is 13.6. The molecule has 0 saturated heterocycles. The highest BCUT2D eigenvalue weighted by Crippen LogP contribution is 2.32. The lowest BCUT2D eigenvalue weighted by atomic mass is 10.2. The standard InChI is InChI=1S/C18H11Cl2N3O3S/c19-12-4-7-14(15(20)9-12)16-10-27-18(21-16)22-17(24)8-3-11-1-5-13(6-2-11)23(25)26/h1-10H,(H,21,22,24)/b8-3+. The molecule has 136 valence electrons. The van der Waals surface area contributed by atoms with Gasteiger partial charge in [-0.05, 0) is 42.0 Å². The second-order valence-electron chi connectivity index (χ2n) is 5.33. The first-order valence-electron chi connectivity index (χ1n) is 7.57. The molecule has 0 aliphatic heterocycles. The van der Waals surface area contributed by atoms with Gasteiger partial charge in [0.15, 0.2) is 5.13 Å². The zero-order chi connectivity index (χ0) is 19.4. The molecule has 9 heteroatoms. The number of hydrogen-bond acceptors (Lipinski definition) is 5. The first kappa shape index (κ1) is 19.0. The lowest BCUT2D eigenvalue weighted by Crippen LogP contribution is -2.07. The van der Waals surface area contributed by atoms with Gasteiger partial charge in [-0.1, -0.05) is 23.2 Å². The number of anilines is 1. The minimum atomic E-state index is -0.479. The number of nitro benzene ring substituents is 1. The van der Waals surface area contributed by atoms with Gasteiger partial charge in [-0.15, -0.1) is 11.3 Å². The summed E-state index contributed by atoms with van der Waals surface area (Å²) in [7, 11) is 0. The Balaban J connectivity index is 1.66. The van der Waals surface area contributed by atoms with Crippen molar-refractivity contribution in [2.45, 2.75) is 0 Å². The molecule has 0 aliphatic rings. The highest BCUT2D eigenvalue weighted by atomic mass is 35.5. The van der Waals surface area contributed by atoms with Crippen LogP contribution in [0, 0.1) is 10.1 Å². The summed E-state index contributed by atoms with van der Waals surface area (Å²) in [5.74, 6) is -0.364. The minimum absolute atomic E-state index is 0.00669. The third kappa shape index (κ3) is 4.91. The van der Waals surface area contributed by atoms with Gasteiger partial charge < -0.3 is 0 Å². The molecule has 6 nitrogen and oxygen atoms in total. The second-order valence-corrected chi connectivity index (χ2v) is 7.04. The summed E-state index contributed by atoms with van der Waals surface area (Å²) in [6.07, 6.45) is 2.89. The Hall–Kier alpha value is -2.74. The van der Waals surface area contributed by atoms with Crippen molar-refractivity contribution in [1.29, 1.82) is 0 Å². The highest BCUT2D eigenvalue weighted by Gasteiger charge is 2.10. The molecule has 0 atom stereocenters. The van der Waals surface area contributed by atoms with Gasteiger partial charge >= 0.3 is 0 Å². The molecule has 3 rings (SSSR count). The quantitative estimate of drug-likeness (QED) is 0.327. The molecular formula is C18H11Cl2N3O3S. The molecule has 1 aromatic heterocycles. The number of nitrogens with zero attached hydrogens (tertiary/aromatic N) is 2. The van der Waals surface area contributed by atoms with E-state index in [-0.39, 0.29) is 11.6 Å². The topological polar surface area (TPSA) is 85.1 Å². The van der Waals surface area contributed by atoms with Crippen LogP contribution < -0.4 is 5.32 Å². The molecule has 3 aromatic rings. The molecule has 27 heavy (non-hydrogen) atoms. The molecule has 0 spiro atoms. The molecule has 1 N–H and O–H groups in total. The van der Waals surface area contributed by atoms with Crippen molar-refractivity contribution in [2.75, 3.05) is 5.32 Å².